The van der Waals surface area contributed by atoms with Gasteiger partial charge in [0.1, 0.15) is 5.75 Å². The molecule has 0 bridgehead atoms. The van der Waals surface area contributed by atoms with Crippen LogP contribution in [-0.4, -0.2) is 56.4 Å². The van der Waals surface area contributed by atoms with Gasteiger partial charge in [0.15, 0.2) is 21.5 Å². The highest BCUT2D eigenvalue weighted by atomic mass is 79.9. The fourth-order valence-electron chi connectivity index (χ4n) is 5.85. The Hall–Kier alpha value is -3.21. The van der Waals surface area contributed by atoms with Crippen molar-refractivity contribution in [2.24, 2.45) is 10.9 Å². The zero-order valence-electron chi connectivity index (χ0n) is 24.7. The lowest BCUT2D eigenvalue weighted by Crippen LogP contribution is -2.50. The van der Waals surface area contributed by atoms with Gasteiger partial charge in [0.25, 0.3) is 5.91 Å². The van der Waals surface area contributed by atoms with Crippen LogP contribution in [0.15, 0.2) is 93.2 Å². The van der Waals surface area contributed by atoms with E-state index in [9.17, 15) is 13.2 Å². The van der Waals surface area contributed by atoms with Gasteiger partial charge in [-0.05, 0) is 61.2 Å². The van der Waals surface area contributed by atoms with Gasteiger partial charge >= 0.3 is 0 Å². The molecular weight excluding hydrogens is 644 g/mol. The van der Waals surface area contributed by atoms with Crippen LogP contribution < -0.4 is 10.1 Å². The quantitative estimate of drug-likeness (QED) is 0.213. The normalized spacial score (nSPS) is 20.5. The van der Waals surface area contributed by atoms with E-state index in [0.29, 0.717) is 42.4 Å². The summed E-state index contributed by atoms with van der Waals surface area (Å²) in [5.41, 5.74) is -0.184. The maximum Gasteiger partial charge on any atom is 0.252 e. The summed E-state index contributed by atoms with van der Waals surface area (Å²) in [6.07, 6.45) is 5.20. The van der Waals surface area contributed by atoms with Crippen LogP contribution in [0.25, 0.3) is 0 Å². The summed E-state index contributed by atoms with van der Waals surface area (Å²) >= 11 is 3.64. The van der Waals surface area contributed by atoms with Gasteiger partial charge < -0.3 is 19.9 Å². The van der Waals surface area contributed by atoms with Crippen LogP contribution >= 0.6 is 15.9 Å². The van der Waals surface area contributed by atoms with Crippen LogP contribution in [-0.2, 0) is 19.4 Å². The molecule has 5 rings (SSSR count). The maximum atomic E-state index is 14.4. The first-order valence-corrected chi connectivity index (χ1v) is 17.7. The number of sulfone groups is 1. The highest BCUT2D eigenvalue weighted by Crippen LogP contribution is 2.45. The standard InChI is InChI=1S/C34H39BrN2O6S/c35-30-15-8-7-14-29(30)31-34(33(39)36-24-25-10-3-1-4-11-25,20-23-44(40,41)28-12-5-2-6-13-28)37-32(43-31)26-16-18-27(19-17-26)42-22-9-21-38/h2,5-8,12-19,25,31,38H,1,3-4,9-11,20-24H2,(H,36,39)/t31-,34-/m1/s1. The van der Waals surface area contributed by atoms with Crippen molar-refractivity contribution in [3.05, 3.63) is 94.5 Å². The number of rotatable bonds is 13. The van der Waals surface area contributed by atoms with Gasteiger partial charge in [0.2, 0.25) is 5.90 Å². The van der Waals surface area contributed by atoms with Gasteiger partial charge in [0.05, 0.1) is 17.3 Å². The number of carbonyl (C=O) groups excluding carboxylic acids is 1. The van der Waals surface area contributed by atoms with E-state index >= 15 is 0 Å². The van der Waals surface area contributed by atoms with Crippen LogP contribution in [0.1, 0.15) is 62.2 Å². The smallest absolute Gasteiger partial charge is 0.252 e. The first kappa shape index (κ1) is 32.2. The minimum absolute atomic E-state index is 0.0457. The third kappa shape index (κ3) is 7.53. The predicted octanol–water partition coefficient (Wildman–Crippen LogP) is 6.03. The van der Waals surface area contributed by atoms with Gasteiger partial charge in [-0.15, -0.1) is 0 Å². The van der Waals surface area contributed by atoms with E-state index in [0.717, 1.165) is 30.2 Å². The topological polar surface area (TPSA) is 114 Å². The van der Waals surface area contributed by atoms with Crippen molar-refractivity contribution in [2.75, 3.05) is 25.5 Å². The maximum absolute atomic E-state index is 14.4. The largest absolute Gasteiger partial charge is 0.494 e. The number of aliphatic hydroxyl groups excluding tert-OH is 1. The molecule has 3 aromatic carbocycles. The minimum Gasteiger partial charge on any atom is -0.494 e. The Labute approximate surface area is 267 Å². The average Bonchev–Trinajstić information content (AvgIpc) is 3.45. The molecule has 2 atom stereocenters. The van der Waals surface area contributed by atoms with E-state index in [1.54, 1.807) is 54.6 Å². The number of carbonyl (C=O) groups is 1. The number of nitrogens with zero attached hydrogens (tertiary/aromatic N) is 1. The molecule has 1 aliphatic carbocycles. The molecule has 0 aromatic heterocycles. The second-order valence-corrected chi connectivity index (χ2v) is 14.4. The number of benzene rings is 3. The summed E-state index contributed by atoms with van der Waals surface area (Å²) in [6.45, 7) is 0.945. The van der Waals surface area contributed by atoms with E-state index in [1.807, 2.05) is 24.3 Å². The first-order valence-electron chi connectivity index (χ1n) is 15.2. The first-order chi connectivity index (χ1) is 21.3. The van der Waals surface area contributed by atoms with E-state index in [-0.39, 0.29) is 35.5 Å². The second-order valence-electron chi connectivity index (χ2n) is 11.4. The highest BCUT2D eigenvalue weighted by molar-refractivity contribution is 9.10. The Kier molecular flexibility index (Phi) is 10.8. The van der Waals surface area contributed by atoms with Crippen molar-refractivity contribution in [1.29, 1.82) is 0 Å². The van der Waals surface area contributed by atoms with Crippen molar-refractivity contribution >= 4 is 37.6 Å². The van der Waals surface area contributed by atoms with Crippen LogP contribution in [0.2, 0.25) is 0 Å². The lowest BCUT2D eigenvalue weighted by molar-refractivity contribution is -0.129. The van der Waals surface area contributed by atoms with Crippen LogP contribution in [0.4, 0.5) is 0 Å². The number of ether oxygens (including phenoxy) is 2. The summed E-state index contributed by atoms with van der Waals surface area (Å²) in [6, 6.07) is 23.0. The fraction of sp³-hybridized carbons (Fsp3) is 0.412. The van der Waals surface area contributed by atoms with Crippen molar-refractivity contribution in [1.82, 2.24) is 5.32 Å². The lowest BCUT2D eigenvalue weighted by atomic mass is 9.84. The SMILES string of the molecule is O=C(NCC1CCCCC1)[C@]1(CCS(=O)(=O)c2ccccc2)N=C(c2ccc(OCCCO)cc2)O[C@@H]1c1ccccc1Br. The molecule has 1 aliphatic heterocycles. The molecule has 2 N–H and O–H groups in total. The van der Waals surface area contributed by atoms with Gasteiger partial charge in [-0.25, -0.2) is 13.4 Å². The van der Waals surface area contributed by atoms with E-state index < -0.39 is 21.5 Å². The third-order valence-corrected chi connectivity index (χ3v) is 10.8. The molecule has 0 radical (unpaired) electrons. The molecule has 2 aliphatic rings. The van der Waals surface area contributed by atoms with Crippen LogP contribution in [0.3, 0.4) is 0 Å². The number of hydrogen-bond acceptors (Lipinski definition) is 7. The molecule has 1 heterocycles. The molecule has 0 spiro atoms. The van der Waals surface area contributed by atoms with Gasteiger partial charge in [-0.1, -0.05) is 71.6 Å². The monoisotopic (exact) mass is 682 g/mol. The van der Waals surface area contributed by atoms with Gasteiger partial charge in [-0.3, -0.25) is 4.79 Å². The molecule has 0 unspecified atom stereocenters. The Morgan fingerprint density at radius 2 is 1.70 bits per heavy atom. The van der Waals surface area contributed by atoms with E-state index in [1.165, 1.54) is 6.42 Å². The van der Waals surface area contributed by atoms with E-state index in [2.05, 4.69) is 21.2 Å². The molecule has 1 amide bonds. The van der Waals surface area contributed by atoms with Crippen molar-refractivity contribution in [3.63, 3.8) is 0 Å². The number of aliphatic imine (C=N–C) groups is 1. The summed E-state index contributed by atoms with van der Waals surface area (Å²) < 4.78 is 40.0. The average molecular weight is 684 g/mol. The lowest BCUT2D eigenvalue weighted by Gasteiger charge is -2.32. The van der Waals surface area contributed by atoms with Crippen LogP contribution in [0.5, 0.6) is 5.75 Å². The van der Waals surface area contributed by atoms with Gasteiger partial charge in [0, 0.05) is 41.6 Å². The van der Waals surface area contributed by atoms with Crippen molar-refractivity contribution < 1.29 is 27.8 Å². The molecule has 44 heavy (non-hydrogen) atoms. The Balaban J connectivity index is 1.52. The van der Waals surface area contributed by atoms with E-state index in [4.69, 9.17) is 19.6 Å². The zero-order valence-corrected chi connectivity index (χ0v) is 27.1. The fourth-order valence-corrected chi connectivity index (χ4v) is 7.73. The van der Waals surface area contributed by atoms with Gasteiger partial charge in [-0.2, -0.15) is 0 Å². The molecule has 234 valence electrons. The number of hydrogen-bond donors (Lipinski definition) is 2. The Morgan fingerprint density at radius 3 is 2.41 bits per heavy atom. The molecule has 1 saturated carbocycles. The highest BCUT2D eigenvalue weighted by Gasteiger charge is 2.54. The van der Waals surface area contributed by atoms with Crippen molar-refractivity contribution in [2.45, 2.75) is 61.5 Å². The number of nitrogens with one attached hydrogen (secondary N) is 1. The molecule has 0 saturated heterocycles. The third-order valence-electron chi connectivity index (χ3n) is 8.35. The molecule has 8 nitrogen and oxygen atoms in total. The second kappa shape index (κ2) is 14.7. The Morgan fingerprint density at radius 1 is 1.00 bits per heavy atom. The number of halogens is 1. The van der Waals surface area contributed by atoms with Crippen molar-refractivity contribution in [3.8, 4) is 5.75 Å². The summed E-state index contributed by atoms with van der Waals surface area (Å²) in [5.74, 6) is 0.646. The number of amides is 1. The Bertz CT molecular complexity index is 1540. The number of aliphatic hydroxyl groups is 1. The summed E-state index contributed by atoms with van der Waals surface area (Å²) in [5, 5.41) is 12.2. The predicted molar refractivity (Wildman–Crippen MR) is 174 cm³/mol. The molecule has 3 aromatic rings. The summed E-state index contributed by atoms with van der Waals surface area (Å²) in [4.78, 5) is 19.6. The molecular formula is C34H39BrN2O6S. The molecule has 1 fully saturated rings. The minimum atomic E-state index is -3.72. The molecule has 10 heteroatoms. The summed E-state index contributed by atoms with van der Waals surface area (Å²) in [7, 11) is -3.72. The van der Waals surface area contributed by atoms with Crippen LogP contribution in [0, 0.1) is 5.92 Å². The zero-order chi connectivity index (χ0) is 31.0.